The van der Waals surface area contributed by atoms with Gasteiger partial charge in [0, 0.05) is 41.2 Å². The summed E-state index contributed by atoms with van der Waals surface area (Å²) in [5, 5.41) is 22.9. The Morgan fingerprint density at radius 1 is 1.06 bits per heavy atom. The van der Waals surface area contributed by atoms with Gasteiger partial charge >= 0.3 is 0 Å². The summed E-state index contributed by atoms with van der Waals surface area (Å²) >= 11 is 1.48. The fourth-order valence-electron chi connectivity index (χ4n) is 3.27. The molecule has 1 amide bonds. The maximum absolute atomic E-state index is 13.0. The van der Waals surface area contributed by atoms with E-state index in [0.29, 0.717) is 40.1 Å². The van der Waals surface area contributed by atoms with E-state index in [2.05, 4.69) is 22.1 Å². The van der Waals surface area contributed by atoms with Crippen molar-refractivity contribution in [2.24, 2.45) is 0 Å². The van der Waals surface area contributed by atoms with Crippen LogP contribution >= 0.6 is 11.8 Å². The Labute approximate surface area is 204 Å². The molecule has 0 aliphatic carbocycles. The Hall–Kier alpha value is -4.31. The number of nitrogens with zero attached hydrogens (tertiary/aromatic N) is 4. The van der Waals surface area contributed by atoms with E-state index in [1.807, 2.05) is 16.7 Å². The van der Waals surface area contributed by atoms with Crippen molar-refractivity contribution >= 4 is 29.0 Å². The van der Waals surface area contributed by atoms with Gasteiger partial charge in [-0.1, -0.05) is 30.0 Å². The minimum Gasteiger partial charge on any atom is -0.322 e. The highest BCUT2D eigenvalue weighted by atomic mass is 32.2. The smallest absolute Gasteiger partial charge is 0.269 e. The molecule has 4 rings (SSSR count). The largest absolute Gasteiger partial charge is 0.322 e. The minimum absolute atomic E-state index is 0.00734. The third-order valence-electron chi connectivity index (χ3n) is 5.05. The molecular formula is C25H20FN5O3S. The fraction of sp³-hybridized carbons (Fsp3) is 0.0800. The van der Waals surface area contributed by atoms with Crippen molar-refractivity contribution in [3.63, 3.8) is 0 Å². The van der Waals surface area contributed by atoms with Gasteiger partial charge in [0.05, 0.1) is 4.92 Å². The maximum Gasteiger partial charge on any atom is 0.269 e. The molecular weight excluding hydrogens is 469 g/mol. The number of nitro groups is 1. The number of hydrogen-bond donors (Lipinski definition) is 1. The first-order valence-electron chi connectivity index (χ1n) is 10.5. The third-order valence-corrected chi connectivity index (χ3v) is 6.09. The Bertz CT molecular complexity index is 1350. The molecule has 1 N–H and O–H groups in total. The lowest BCUT2D eigenvalue weighted by molar-refractivity contribution is -0.384. The number of nitro benzene ring substituents is 1. The van der Waals surface area contributed by atoms with Crippen LogP contribution in [0.2, 0.25) is 0 Å². The first-order valence-corrected chi connectivity index (χ1v) is 11.5. The predicted octanol–water partition coefficient (Wildman–Crippen LogP) is 5.72. The second kappa shape index (κ2) is 10.7. The zero-order chi connectivity index (χ0) is 24.8. The van der Waals surface area contributed by atoms with Crippen LogP contribution in [0.1, 0.15) is 15.9 Å². The van der Waals surface area contributed by atoms with Gasteiger partial charge < -0.3 is 5.32 Å². The molecule has 0 fully saturated rings. The Kier molecular flexibility index (Phi) is 7.32. The Balaban J connectivity index is 1.43. The van der Waals surface area contributed by atoms with Crippen molar-refractivity contribution in [1.82, 2.24) is 14.8 Å². The molecule has 1 heterocycles. The quantitative estimate of drug-likeness (QED) is 0.140. The average molecular weight is 490 g/mol. The molecule has 176 valence electrons. The number of allylic oxidation sites excluding steroid dienone is 1. The molecule has 3 aromatic carbocycles. The number of benzene rings is 3. The molecule has 0 atom stereocenters. The van der Waals surface area contributed by atoms with Crippen molar-refractivity contribution in [3.8, 4) is 11.4 Å². The summed E-state index contributed by atoms with van der Waals surface area (Å²) in [4.78, 5) is 22.9. The average Bonchev–Trinajstić information content (AvgIpc) is 3.27. The van der Waals surface area contributed by atoms with Crippen LogP contribution in [-0.2, 0) is 12.3 Å². The van der Waals surface area contributed by atoms with Crippen molar-refractivity contribution in [3.05, 3.63) is 113 Å². The number of carbonyl (C=O) groups excluding carboxylic acids is 1. The lowest BCUT2D eigenvalue weighted by Crippen LogP contribution is -2.11. The van der Waals surface area contributed by atoms with Gasteiger partial charge in [-0.25, -0.2) is 4.39 Å². The van der Waals surface area contributed by atoms with Gasteiger partial charge in [0.15, 0.2) is 11.0 Å². The lowest BCUT2D eigenvalue weighted by atomic mass is 10.1. The number of rotatable bonds is 9. The van der Waals surface area contributed by atoms with Crippen LogP contribution in [0.5, 0.6) is 0 Å². The highest BCUT2D eigenvalue weighted by Crippen LogP contribution is 2.28. The molecule has 0 bridgehead atoms. The van der Waals surface area contributed by atoms with Gasteiger partial charge in [0.1, 0.15) is 5.82 Å². The molecule has 10 heteroatoms. The fourth-order valence-corrected chi connectivity index (χ4v) is 4.18. The van der Waals surface area contributed by atoms with Crippen molar-refractivity contribution in [2.75, 3.05) is 5.32 Å². The van der Waals surface area contributed by atoms with E-state index >= 15 is 0 Å². The third kappa shape index (κ3) is 5.79. The van der Waals surface area contributed by atoms with Crippen LogP contribution in [-0.4, -0.2) is 25.6 Å². The second-order valence-electron chi connectivity index (χ2n) is 7.46. The molecule has 0 saturated heterocycles. The summed E-state index contributed by atoms with van der Waals surface area (Å²) in [6.45, 7) is 4.27. The molecule has 1 aromatic heterocycles. The number of carbonyl (C=O) groups is 1. The number of aromatic nitrogens is 3. The number of halogens is 1. The van der Waals surface area contributed by atoms with Crippen molar-refractivity contribution < 1.29 is 14.1 Å². The van der Waals surface area contributed by atoms with Crippen LogP contribution < -0.4 is 5.32 Å². The zero-order valence-electron chi connectivity index (χ0n) is 18.4. The van der Waals surface area contributed by atoms with Gasteiger partial charge in [-0.2, -0.15) is 0 Å². The van der Waals surface area contributed by atoms with Crippen LogP contribution in [0.25, 0.3) is 11.4 Å². The van der Waals surface area contributed by atoms with E-state index in [0.717, 1.165) is 5.56 Å². The van der Waals surface area contributed by atoms with Crippen LogP contribution in [0.4, 0.5) is 15.8 Å². The molecule has 0 spiro atoms. The number of hydrogen-bond acceptors (Lipinski definition) is 6. The van der Waals surface area contributed by atoms with E-state index in [-0.39, 0.29) is 17.4 Å². The van der Waals surface area contributed by atoms with Gasteiger partial charge in [0.2, 0.25) is 0 Å². The molecule has 35 heavy (non-hydrogen) atoms. The minimum atomic E-state index is -0.447. The van der Waals surface area contributed by atoms with E-state index in [1.165, 1.54) is 48.2 Å². The van der Waals surface area contributed by atoms with Gasteiger partial charge in [-0.3, -0.25) is 19.5 Å². The number of thioether (sulfide) groups is 1. The van der Waals surface area contributed by atoms with Gasteiger partial charge in [-0.05, 0) is 54.1 Å². The standard InChI is InChI=1S/C25H20FN5O3S/c1-2-15-30-23(18-7-13-22(14-8-18)31(33)34)28-29-25(30)35-16-17-3-5-19(6-4-17)24(32)27-21-11-9-20(26)10-12-21/h2-14H,1,15-16H2,(H,27,32). The molecule has 0 saturated carbocycles. The number of anilines is 1. The summed E-state index contributed by atoms with van der Waals surface area (Å²) in [6, 6.07) is 18.9. The molecule has 0 unspecified atom stereocenters. The highest BCUT2D eigenvalue weighted by Gasteiger charge is 2.15. The van der Waals surface area contributed by atoms with Gasteiger partial charge in [0.25, 0.3) is 11.6 Å². The molecule has 4 aromatic rings. The molecule has 0 radical (unpaired) electrons. The number of nitrogens with one attached hydrogen (secondary N) is 1. The second-order valence-corrected chi connectivity index (χ2v) is 8.40. The van der Waals surface area contributed by atoms with E-state index in [9.17, 15) is 19.3 Å². The topological polar surface area (TPSA) is 103 Å². The van der Waals surface area contributed by atoms with Gasteiger partial charge in [-0.15, -0.1) is 16.8 Å². The molecule has 8 nitrogen and oxygen atoms in total. The zero-order valence-corrected chi connectivity index (χ0v) is 19.2. The Morgan fingerprint density at radius 2 is 1.74 bits per heavy atom. The van der Waals surface area contributed by atoms with E-state index in [1.54, 1.807) is 30.3 Å². The molecule has 0 aliphatic heterocycles. The van der Waals surface area contributed by atoms with E-state index in [4.69, 9.17) is 0 Å². The Morgan fingerprint density at radius 3 is 2.37 bits per heavy atom. The highest BCUT2D eigenvalue weighted by molar-refractivity contribution is 7.98. The molecule has 0 aliphatic rings. The summed E-state index contributed by atoms with van der Waals surface area (Å²) < 4.78 is 14.9. The SMILES string of the molecule is C=CCn1c(SCc2ccc(C(=O)Nc3ccc(F)cc3)cc2)nnc1-c1ccc([N+](=O)[O-])cc1. The van der Waals surface area contributed by atoms with Crippen LogP contribution in [0, 0.1) is 15.9 Å². The summed E-state index contributed by atoms with van der Waals surface area (Å²) in [5.41, 5.74) is 2.71. The van der Waals surface area contributed by atoms with Crippen LogP contribution in [0.15, 0.2) is 90.6 Å². The number of amides is 1. The first-order chi connectivity index (χ1) is 16.9. The van der Waals surface area contributed by atoms with E-state index < -0.39 is 4.92 Å². The first kappa shape index (κ1) is 23.8. The van der Waals surface area contributed by atoms with Crippen LogP contribution in [0.3, 0.4) is 0 Å². The predicted molar refractivity (Wildman–Crippen MR) is 133 cm³/mol. The summed E-state index contributed by atoms with van der Waals surface area (Å²) in [7, 11) is 0. The summed E-state index contributed by atoms with van der Waals surface area (Å²) in [6.07, 6.45) is 1.73. The maximum atomic E-state index is 13.0. The van der Waals surface area contributed by atoms with Crippen molar-refractivity contribution in [2.45, 2.75) is 17.5 Å². The summed E-state index contributed by atoms with van der Waals surface area (Å²) in [5.74, 6) is 0.535. The normalized spacial score (nSPS) is 10.7. The number of non-ortho nitro benzene ring substituents is 1. The monoisotopic (exact) mass is 489 g/mol. The lowest BCUT2D eigenvalue weighted by Gasteiger charge is -2.08. The van der Waals surface area contributed by atoms with Crippen molar-refractivity contribution in [1.29, 1.82) is 0 Å².